The summed E-state index contributed by atoms with van der Waals surface area (Å²) in [6.45, 7) is 2.77. The van der Waals surface area contributed by atoms with E-state index in [0.29, 0.717) is 12.2 Å². The molecule has 3 heteroatoms. The van der Waals surface area contributed by atoms with Gasteiger partial charge in [-0.2, -0.15) is 0 Å². The maximum Gasteiger partial charge on any atom is 0.222 e. The van der Waals surface area contributed by atoms with Crippen LogP contribution >= 0.6 is 0 Å². The van der Waals surface area contributed by atoms with E-state index in [1.54, 1.807) is 0 Å². The first-order valence-corrected chi connectivity index (χ1v) is 6.56. The number of Topliss-reactive ketones (excluding diaryl/α,β-unsaturated/α-hetero) is 1. The third kappa shape index (κ3) is 2.13. The standard InChI is InChI=1S/C13H21NO2/c1-2-13(16)14-9-4-3-7-11(14)10-6-5-8-12(10)15/h10-11H,2-9H2,1H3. The zero-order valence-electron chi connectivity index (χ0n) is 10.1. The molecule has 0 bridgehead atoms. The Hall–Kier alpha value is -0.860. The molecule has 1 saturated heterocycles. The summed E-state index contributed by atoms with van der Waals surface area (Å²) in [4.78, 5) is 25.6. The number of amides is 1. The van der Waals surface area contributed by atoms with Crippen LogP contribution in [0.2, 0.25) is 0 Å². The number of rotatable bonds is 2. The van der Waals surface area contributed by atoms with E-state index < -0.39 is 0 Å². The predicted octanol–water partition coefficient (Wildman–Crippen LogP) is 2.15. The molecule has 2 unspecified atom stereocenters. The SMILES string of the molecule is CCC(=O)N1CCCCC1C1CCCC1=O. The van der Waals surface area contributed by atoms with Crippen LogP contribution in [0.15, 0.2) is 0 Å². The van der Waals surface area contributed by atoms with Gasteiger partial charge in [0.25, 0.3) is 0 Å². The lowest BCUT2D eigenvalue weighted by molar-refractivity contribution is -0.137. The number of carbonyl (C=O) groups is 2. The summed E-state index contributed by atoms with van der Waals surface area (Å²) in [6, 6.07) is 0.219. The van der Waals surface area contributed by atoms with Crippen molar-refractivity contribution in [2.75, 3.05) is 6.54 Å². The second kappa shape index (κ2) is 4.98. The summed E-state index contributed by atoms with van der Waals surface area (Å²) < 4.78 is 0. The highest BCUT2D eigenvalue weighted by Crippen LogP contribution is 2.32. The molecule has 0 aromatic rings. The normalized spacial score (nSPS) is 30.8. The van der Waals surface area contributed by atoms with Crippen molar-refractivity contribution in [2.24, 2.45) is 5.92 Å². The van der Waals surface area contributed by atoms with Gasteiger partial charge in [-0.05, 0) is 32.1 Å². The van der Waals surface area contributed by atoms with E-state index in [9.17, 15) is 9.59 Å². The third-order valence-electron chi connectivity index (χ3n) is 3.99. The van der Waals surface area contributed by atoms with Crippen molar-refractivity contribution < 1.29 is 9.59 Å². The van der Waals surface area contributed by atoms with Crippen LogP contribution in [0.3, 0.4) is 0 Å². The molecule has 90 valence electrons. The average Bonchev–Trinajstić information content (AvgIpc) is 2.74. The number of piperidine rings is 1. The van der Waals surface area contributed by atoms with Gasteiger partial charge in [0.1, 0.15) is 5.78 Å². The molecule has 0 spiro atoms. The van der Waals surface area contributed by atoms with Crippen LogP contribution in [0.4, 0.5) is 0 Å². The fraction of sp³-hybridized carbons (Fsp3) is 0.846. The summed E-state index contributed by atoms with van der Waals surface area (Å²) in [7, 11) is 0. The predicted molar refractivity (Wildman–Crippen MR) is 62.0 cm³/mol. The molecular weight excluding hydrogens is 202 g/mol. The minimum absolute atomic E-state index is 0.149. The first kappa shape index (κ1) is 11.6. The third-order valence-corrected chi connectivity index (χ3v) is 3.99. The molecule has 1 heterocycles. The van der Waals surface area contributed by atoms with E-state index in [-0.39, 0.29) is 17.9 Å². The van der Waals surface area contributed by atoms with Gasteiger partial charge >= 0.3 is 0 Å². The topological polar surface area (TPSA) is 37.4 Å². The summed E-state index contributed by atoms with van der Waals surface area (Å²) >= 11 is 0. The van der Waals surface area contributed by atoms with Crippen molar-refractivity contribution in [1.82, 2.24) is 4.90 Å². The monoisotopic (exact) mass is 223 g/mol. The van der Waals surface area contributed by atoms with E-state index in [0.717, 1.165) is 38.6 Å². The highest BCUT2D eigenvalue weighted by molar-refractivity contribution is 5.85. The Morgan fingerprint density at radius 3 is 2.75 bits per heavy atom. The van der Waals surface area contributed by atoms with Crippen LogP contribution in [0.1, 0.15) is 51.9 Å². The van der Waals surface area contributed by atoms with Gasteiger partial charge in [-0.1, -0.05) is 6.92 Å². The Bertz CT molecular complexity index is 288. The number of nitrogens with zero attached hydrogens (tertiary/aromatic N) is 1. The Morgan fingerprint density at radius 1 is 1.31 bits per heavy atom. The lowest BCUT2D eigenvalue weighted by Crippen LogP contribution is -2.48. The van der Waals surface area contributed by atoms with Gasteiger partial charge in [-0.15, -0.1) is 0 Å². The fourth-order valence-electron chi connectivity index (χ4n) is 3.14. The summed E-state index contributed by atoms with van der Waals surface area (Å²) in [5, 5.41) is 0. The molecule has 1 saturated carbocycles. The quantitative estimate of drug-likeness (QED) is 0.719. The molecule has 2 rings (SSSR count). The molecule has 0 aromatic heterocycles. The molecule has 0 N–H and O–H groups in total. The smallest absolute Gasteiger partial charge is 0.222 e. The van der Waals surface area contributed by atoms with E-state index in [4.69, 9.17) is 0 Å². The molecule has 2 atom stereocenters. The zero-order chi connectivity index (χ0) is 11.5. The number of hydrogen-bond donors (Lipinski definition) is 0. The van der Waals surface area contributed by atoms with Gasteiger partial charge in [-0.25, -0.2) is 0 Å². The van der Waals surface area contributed by atoms with Gasteiger partial charge in [0, 0.05) is 31.3 Å². The highest BCUT2D eigenvalue weighted by atomic mass is 16.2. The first-order chi connectivity index (χ1) is 7.74. The van der Waals surface area contributed by atoms with Crippen LogP contribution in [-0.2, 0) is 9.59 Å². The van der Waals surface area contributed by atoms with E-state index in [2.05, 4.69) is 0 Å². The van der Waals surface area contributed by atoms with Gasteiger partial charge in [0.2, 0.25) is 5.91 Å². The Kier molecular flexibility index (Phi) is 3.62. The molecule has 2 fully saturated rings. The van der Waals surface area contributed by atoms with E-state index in [1.807, 2.05) is 11.8 Å². The molecule has 1 amide bonds. The molecule has 16 heavy (non-hydrogen) atoms. The highest BCUT2D eigenvalue weighted by Gasteiger charge is 2.38. The number of hydrogen-bond acceptors (Lipinski definition) is 2. The van der Waals surface area contributed by atoms with Gasteiger partial charge < -0.3 is 4.90 Å². The van der Waals surface area contributed by atoms with E-state index in [1.165, 1.54) is 6.42 Å². The maximum absolute atomic E-state index is 11.9. The number of likely N-dealkylation sites (tertiary alicyclic amines) is 1. The second-order valence-electron chi connectivity index (χ2n) is 4.97. The van der Waals surface area contributed by atoms with Crippen LogP contribution in [0.25, 0.3) is 0 Å². The molecule has 0 radical (unpaired) electrons. The lowest BCUT2D eigenvalue weighted by Gasteiger charge is -2.38. The minimum atomic E-state index is 0.149. The van der Waals surface area contributed by atoms with Crippen molar-refractivity contribution in [3.63, 3.8) is 0 Å². The Morgan fingerprint density at radius 2 is 2.12 bits per heavy atom. The fourth-order valence-corrected chi connectivity index (χ4v) is 3.14. The van der Waals surface area contributed by atoms with Crippen LogP contribution in [-0.4, -0.2) is 29.2 Å². The van der Waals surface area contributed by atoms with Crippen molar-refractivity contribution in [1.29, 1.82) is 0 Å². The lowest BCUT2D eigenvalue weighted by atomic mass is 9.88. The molecule has 1 aliphatic heterocycles. The largest absolute Gasteiger partial charge is 0.339 e. The zero-order valence-corrected chi connectivity index (χ0v) is 10.1. The van der Waals surface area contributed by atoms with Crippen molar-refractivity contribution in [3.05, 3.63) is 0 Å². The molecule has 2 aliphatic rings. The molecule has 1 aliphatic carbocycles. The van der Waals surface area contributed by atoms with Crippen LogP contribution < -0.4 is 0 Å². The first-order valence-electron chi connectivity index (χ1n) is 6.56. The second-order valence-corrected chi connectivity index (χ2v) is 4.97. The maximum atomic E-state index is 11.9. The van der Waals surface area contributed by atoms with Gasteiger partial charge in [0.05, 0.1) is 0 Å². The minimum Gasteiger partial charge on any atom is -0.339 e. The Labute approximate surface area is 97.2 Å². The van der Waals surface area contributed by atoms with Crippen molar-refractivity contribution >= 4 is 11.7 Å². The summed E-state index contributed by atoms with van der Waals surface area (Å²) in [6.07, 6.45) is 6.62. The molecular formula is C13H21NO2. The number of carbonyl (C=O) groups excluding carboxylic acids is 2. The van der Waals surface area contributed by atoms with Crippen LogP contribution in [0.5, 0.6) is 0 Å². The number of ketones is 1. The van der Waals surface area contributed by atoms with Gasteiger partial charge in [0.15, 0.2) is 0 Å². The van der Waals surface area contributed by atoms with Crippen LogP contribution in [0, 0.1) is 5.92 Å². The molecule has 3 nitrogen and oxygen atoms in total. The summed E-state index contributed by atoms with van der Waals surface area (Å²) in [5.74, 6) is 0.765. The summed E-state index contributed by atoms with van der Waals surface area (Å²) in [5.41, 5.74) is 0. The van der Waals surface area contributed by atoms with Crippen molar-refractivity contribution in [2.45, 2.75) is 57.9 Å². The van der Waals surface area contributed by atoms with Gasteiger partial charge in [-0.3, -0.25) is 9.59 Å². The average molecular weight is 223 g/mol. The van der Waals surface area contributed by atoms with Crippen molar-refractivity contribution in [3.8, 4) is 0 Å². The van der Waals surface area contributed by atoms with E-state index >= 15 is 0 Å². The Balaban J connectivity index is 2.09. The molecule has 0 aromatic carbocycles.